The van der Waals surface area contributed by atoms with E-state index in [1.54, 1.807) is 17.9 Å². The van der Waals surface area contributed by atoms with Crippen LogP contribution in [0.2, 0.25) is 0 Å². The first-order chi connectivity index (χ1) is 12.4. The Labute approximate surface area is 150 Å². The Hall–Kier alpha value is -2.28. The highest BCUT2D eigenvalue weighted by atomic mass is 16.6. The van der Waals surface area contributed by atoms with Crippen LogP contribution in [0.5, 0.6) is 11.5 Å². The van der Waals surface area contributed by atoms with Crippen molar-refractivity contribution in [3.8, 4) is 11.5 Å². The van der Waals surface area contributed by atoms with Gasteiger partial charge in [0, 0.05) is 18.5 Å². The van der Waals surface area contributed by atoms with E-state index in [2.05, 4.69) is 0 Å². The molecular formula is C19H21NO6. The topological polar surface area (TPSA) is 96.3 Å². The fourth-order valence-electron chi connectivity index (χ4n) is 5.75. The minimum absolute atomic E-state index is 0.00560. The Balaban J connectivity index is 1.73. The predicted molar refractivity (Wildman–Crippen MR) is 89.2 cm³/mol. The average molecular weight is 359 g/mol. The van der Waals surface area contributed by atoms with Gasteiger partial charge in [-0.2, -0.15) is 0 Å². The number of benzene rings is 1. The van der Waals surface area contributed by atoms with Gasteiger partial charge < -0.3 is 24.6 Å². The van der Waals surface area contributed by atoms with Crippen molar-refractivity contribution in [1.29, 1.82) is 0 Å². The van der Waals surface area contributed by atoms with Crippen LogP contribution in [0, 0.1) is 0 Å². The molecule has 1 aromatic carbocycles. The lowest BCUT2D eigenvalue weighted by molar-refractivity contribution is -0.183. The molecule has 4 aliphatic rings. The monoisotopic (exact) mass is 359 g/mol. The van der Waals surface area contributed by atoms with Crippen LogP contribution in [0.15, 0.2) is 12.1 Å². The number of aliphatic hydroxyl groups is 1. The van der Waals surface area contributed by atoms with Crippen molar-refractivity contribution in [3.05, 3.63) is 23.3 Å². The fourth-order valence-corrected chi connectivity index (χ4v) is 5.75. The number of Topliss-reactive ketones (excluding diaryl/α,β-unsaturated/α-hetero) is 1. The molecule has 1 saturated heterocycles. The normalized spacial score (nSPS) is 36.4. The summed E-state index contributed by atoms with van der Waals surface area (Å²) in [6.07, 6.45) is 0.0786. The number of phenolic OH excluding ortho intramolecular Hbond substituents is 1. The van der Waals surface area contributed by atoms with Crippen LogP contribution in [0.4, 0.5) is 4.79 Å². The number of ketones is 1. The minimum Gasteiger partial charge on any atom is -0.504 e. The Bertz CT molecular complexity index is 838. The summed E-state index contributed by atoms with van der Waals surface area (Å²) in [6, 6.07) is 2.89. The lowest BCUT2D eigenvalue weighted by Gasteiger charge is -2.61. The van der Waals surface area contributed by atoms with E-state index in [1.807, 2.05) is 6.07 Å². The van der Waals surface area contributed by atoms with Crippen molar-refractivity contribution in [3.63, 3.8) is 0 Å². The molecule has 1 saturated carbocycles. The Morgan fingerprint density at radius 1 is 1.42 bits per heavy atom. The average Bonchev–Trinajstić information content (AvgIpc) is 2.96. The number of carbonyl (C=O) groups excluding carboxylic acids is 2. The molecule has 7 heteroatoms. The zero-order valence-corrected chi connectivity index (χ0v) is 14.5. The van der Waals surface area contributed by atoms with E-state index in [-0.39, 0.29) is 31.0 Å². The quantitative estimate of drug-likeness (QED) is 0.784. The maximum Gasteiger partial charge on any atom is 0.410 e. The fraction of sp³-hybridized carbons (Fsp3) is 0.579. The second-order valence-corrected chi connectivity index (χ2v) is 7.67. The number of hydrogen-bond acceptors (Lipinski definition) is 6. The lowest BCUT2D eigenvalue weighted by atomic mass is 9.49. The molecule has 138 valence electrons. The number of piperidine rings is 1. The third kappa shape index (κ3) is 1.58. The van der Waals surface area contributed by atoms with Gasteiger partial charge >= 0.3 is 6.09 Å². The van der Waals surface area contributed by atoms with Crippen molar-refractivity contribution >= 4 is 11.9 Å². The molecule has 5 rings (SSSR count). The summed E-state index contributed by atoms with van der Waals surface area (Å²) in [7, 11) is 0. The molecule has 4 atom stereocenters. The molecule has 0 aromatic heterocycles. The number of ether oxygens (including phenoxy) is 2. The van der Waals surface area contributed by atoms with Gasteiger partial charge in [0.2, 0.25) is 0 Å². The van der Waals surface area contributed by atoms with E-state index < -0.39 is 29.3 Å². The lowest BCUT2D eigenvalue weighted by Crippen LogP contribution is -2.77. The highest BCUT2D eigenvalue weighted by Gasteiger charge is 2.73. The van der Waals surface area contributed by atoms with Gasteiger partial charge in [0.05, 0.1) is 23.7 Å². The van der Waals surface area contributed by atoms with Crippen molar-refractivity contribution in [2.45, 2.75) is 55.8 Å². The molecule has 26 heavy (non-hydrogen) atoms. The number of nitrogens with zero attached hydrogens (tertiary/aromatic N) is 1. The number of amides is 1. The molecule has 1 spiro atoms. The number of hydrogen-bond donors (Lipinski definition) is 2. The van der Waals surface area contributed by atoms with Gasteiger partial charge in [-0.3, -0.25) is 4.79 Å². The highest BCUT2D eigenvalue weighted by molar-refractivity contribution is 5.90. The smallest absolute Gasteiger partial charge is 0.410 e. The third-order valence-electron chi connectivity index (χ3n) is 6.76. The second kappa shape index (κ2) is 4.91. The van der Waals surface area contributed by atoms with Gasteiger partial charge in [-0.1, -0.05) is 6.07 Å². The molecule has 1 unspecified atom stereocenters. The van der Waals surface area contributed by atoms with Gasteiger partial charge in [-0.05, 0) is 37.8 Å². The molecule has 7 nitrogen and oxygen atoms in total. The van der Waals surface area contributed by atoms with E-state index in [0.29, 0.717) is 25.1 Å². The molecule has 0 radical (unpaired) electrons. The summed E-state index contributed by atoms with van der Waals surface area (Å²) in [6.45, 7) is 2.40. The minimum atomic E-state index is -1.28. The summed E-state index contributed by atoms with van der Waals surface area (Å²) < 4.78 is 11.1. The largest absolute Gasteiger partial charge is 0.504 e. The maximum absolute atomic E-state index is 12.7. The SMILES string of the molecule is CCOC(=O)N1CCC23c4c5ccc(O)c4O[C@H]2C(=O)CC[C@@]3(O)[C@H]1C5. The van der Waals surface area contributed by atoms with Crippen molar-refractivity contribution < 1.29 is 29.3 Å². The van der Waals surface area contributed by atoms with E-state index in [0.717, 1.165) is 11.1 Å². The van der Waals surface area contributed by atoms with Gasteiger partial charge in [-0.15, -0.1) is 0 Å². The van der Waals surface area contributed by atoms with Gasteiger partial charge in [0.15, 0.2) is 23.4 Å². The standard InChI is InChI=1S/C19H21NO6/c1-2-25-17(23)20-8-7-18-14-10-3-4-11(21)15(14)26-16(18)12(22)5-6-19(18,24)13(20)9-10/h3-4,13,16,21,24H,2,5-9H2,1H3/t13-,16+,18?,19-/m1/s1. The first kappa shape index (κ1) is 15.9. The van der Waals surface area contributed by atoms with Gasteiger partial charge in [0.25, 0.3) is 0 Å². The van der Waals surface area contributed by atoms with E-state index in [4.69, 9.17) is 9.47 Å². The molecule has 2 aliphatic carbocycles. The summed E-state index contributed by atoms with van der Waals surface area (Å²) >= 11 is 0. The number of carbonyl (C=O) groups is 2. The summed E-state index contributed by atoms with van der Waals surface area (Å²) in [5, 5.41) is 22.1. The number of likely N-dealkylation sites (tertiary alicyclic amines) is 1. The zero-order valence-electron chi connectivity index (χ0n) is 14.5. The highest BCUT2D eigenvalue weighted by Crippen LogP contribution is 2.64. The first-order valence-electron chi connectivity index (χ1n) is 9.14. The number of phenols is 1. The van der Waals surface area contributed by atoms with Crippen molar-refractivity contribution in [1.82, 2.24) is 4.90 Å². The molecular weight excluding hydrogens is 338 g/mol. The van der Waals surface area contributed by atoms with Crippen LogP contribution in [0.3, 0.4) is 0 Å². The molecule has 2 bridgehead atoms. The van der Waals surface area contributed by atoms with E-state index in [9.17, 15) is 19.8 Å². The van der Waals surface area contributed by atoms with Crippen LogP contribution in [0.1, 0.15) is 37.3 Å². The number of rotatable bonds is 1. The van der Waals surface area contributed by atoms with Crippen LogP contribution >= 0.6 is 0 Å². The molecule has 2 heterocycles. The van der Waals surface area contributed by atoms with Crippen LogP contribution in [0.25, 0.3) is 0 Å². The third-order valence-corrected chi connectivity index (χ3v) is 6.76. The predicted octanol–water partition coefficient (Wildman–Crippen LogP) is 1.27. The Morgan fingerprint density at radius 3 is 3.00 bits per heavy atom. The second-order valence-electron chi connectivity index (χ2n) is 7.67. The Morgan fingerprint density at radius 2 is 2.23 bits per heavy atom. The number of aromatic hydroxyl groups is 1. The molecule has 1 aromatic rings. The van der Waals surface area contributed by atoms with Crippen molar-refractivity contribution in [2.75, 3.05) is 13.2 Å². The van der Waals surface area contributed by atoms with Crippen LogP contribution in [-0.2, 0) is 21.4 Å². The molecule has 2 N–H and O–H groups in total. The van der Waals surface area contributed by atoms with Crippen LogP contribution in [-0.4, -0.2) is 57.9 Å². The van der Waals surface area contributed by atoms with Crippen LogP contribution < -0.4 is 4.74 Å². The molecule has 1 amide bonds. The summed E-state index contributed by atoms with van der Waals surface area (Å²) in [5.74, 6) is 0.264. The Kier molecular flexibility index (Phi) is 3.01. The first-order valence-corrected chi connectivity index (χ1v) is 9.14. The van der Waals surface area contributed by atoms with E-state index in [1.165, 1.54) is 0 Å². The zero-order chi connectivity index (χ0) is 18.3. The van der Waals surface area contributed by atoms with Gasteiger partial charge in [0.1, 0.15) is 0 Å². The van der Waals surface area contributed by atoms with Gasteiger partial charge in [-0.25, -0.2) is 4.79 Å². The maximum atomic E-state index is 12.7. The molecule has 2 fully saturated rings. The summed E-state index contributed by atoms with van der Waals surface area (Å²) in [5.41, 5.74) is -0.503. The summed E-state index contributed by atoms with van der Waals surface area (Å²) in [4.78, 5) is 26.8. The van der Waals surface area contributed by atoms with Crippen molar-refractivity contribution in [2.24, 2.45) is 0 Å². The molecule has 2 aliphatic heterocycles. The van der Waals surface area contributed by atoms with E-state index >= 15 is 0 Å².